The fourth-order valence-electron chi connectivity index (χ4n) is 3.03. The second-order valence-corrected chi connectivity index (χ2v) is 8.90. The average Bonchev–Trinajstić information content (AvgIpc) is 2.65. The van der Waals surface area contributed by atoms with Gasteiger partial charge in [-0.25, -0.2) is 8.42 Å². The van der Waals surface area contributed by atoms with E-state index in [1.165, 1.54) is 28.6 Å². The van der Waals surface area contributed by atoms with Gasteiger partial charge in [-0.2, -0.15) is 4.31 Å². The van der Waals surface area contributed by atoms with Crippen LogP contribution in [-0.4, -0.2) is 36.8 Å². The predicted molar refractivity (Wildman–Crippen MR) is 105 cm³/mol. The summed E-state index contributed by atoms with van der Waals surface area (Å²) in [5, 5.41) is 12.6. The standard InChI is InChI=1S/C19H21ClN2O4S/c1-13-5-8-16(17(23)11-13)21-19(24)14-6-7-15(20)18(12-14)27(25,26)22-9-3-2-4-10-22/h5-8,11-12,23H,2-4,9-10H2,1H3,(H,21,24). The maximum absolute atomic E-state index is 12.9. The molecule has 1 fully saturated rings. The highest BCUT2D eigenvalue weighted by Gasteiger charge is 2.28. The number of halogens is 1. The first-order chi connectivity index (χ1) is 12.8. The number of hydrogen-bond donors (Lipinski definition) is 2. The van der Waals surface area contributed by atoms with Gasteiger partial charge in [-0.3, -0.25) is 4.79 Å². The van der Waals surface area contributed by atoms with Gasteiger partial charge in [0.2, 0.25) is 10.0 Å². The summed E-state index contributed by atoms with van der Waals surface area (Å²) in [6.45, 7) is 2.72. The number of nitrogens with one attached hydrogen (secondary N) is 1. The zero-order chi connectivity index (χ0) is 19.6. The Morgan fingerprint density at radius 3 is 2.48 bits per heavy atom. The molecule has 1 aliphatic rings. The van der Waals surface area contributed by atoms with Gasteiger partial charge >= 0.3 is 0 Å². The van der Waals surface area contributed by atoms with Gasteiger partial charge in [0.15, 0.2) is 0 Å². The van der Waals surface area contributed by atoms with Crippen LogP contribution < -0.4 is 5.32 Å². The summed E-state index contributed by atoms with van der Waals surface area (Å²) < 4.78 is 27.2. The van der Waals surface area contributed by atoms with E-state index >= 15 is 0 Å². The number of rotatable bonds is 4. The number of carbonyl (C=O) groups excluding carboxylic acids is 1. The molecule has 0 aliphatic carbocycles. The van der Waals surface area contributed by atoms with Crippen LogP contribution in [0, 0.1) is 6.92 Å². The van der Waals surface area contributed by atoms with Crippen molar-refractivity contribution in [3.8, 4) is 5.75 Å². The molecule has 0 unspecified atom stereocenters. The lowest BCUT2D eigenvalue weighted by Crippen LogP contribution is -2.35. The third-order valence-corrected chi connectivity index (χ3v) is 6.91. The number of anilines is 1. The topological polar surface area (TPSA) is 86.7 Å². The molecule has 2 aromatic carbocycles. The Kier molecular flexibility index (Phi) is 5.74. The van der Waals surface area contributed by atoms with Crippen LogP contribution in [0.25, 0.3) is 0 Å². The van der Waals surface area contributed by atoms with E-state index in [4.69, 9.17) is 11.6 Å². The van der Waals surface area contributed by atoms with Gasteiger partial charge in [0.1, 0.15) is 10.6 Å². The normalized spacial score (nSPS) is 15.5. The number of amides is 1. The van der Waals surface area contributed by atoms with Crippen LogP contribution in [0.15, 0.2) is 41.3 Å². The highest BCUT2D eigenvalue weighted by Crippen LogP contribution is 2.29. The summed E-state index contributed by atoms with van der Waals surface area (Å²) >= 11 is 6.13. The Morgan fingerprint density at radius 2 is 1.81 bits per heavy atom. The average molecular weight is 409 g/mol. The summed E-state index contributed by atoms with van der Waals surface area (Å²) in [4.78, 5) is 12.5. The van der Waals surface area contributed by atoms with Gasteiger partial charge in [-0.1, -0.05) is 24.1 Å². The molecule has 0 atom stereocenters. The minimum atomic E-state index is -3.76. The van der Waals surface area contributed by atoms with Crippen LogP contribution in [0.2, 0.25) is 5.02 Å². The van der Waals surface area contributed by atoms with E-state index in [9.17, 15) is 18.3 Å². The molecule has 0 radical (unpaired) electrons. The number of phenolic OH excluding ortho intramolecular Hbond substituents is 1. The molecule has 1 heterocycles. The molecule has 2 N–H and O–H groups in total. The fraction of sp³-hybridized carbons (Fsp3) is 0.316. The number of carbonyl (C=O) groups is 1. The van der Waals surface area contributed by atoms with Crippen LogP contribution >= 0.6 is 11.6 Å². The summed E-state index contributed by atoms with van der Waals surface area (Å²) in [7, 11) is -3.76. The first-order valence-electron chi connectivity index (χ1n) is 8.70. The zero-order valence-electron chi connectivity index (χ0n) is 14.9. The van der Waals surface area contributed by atoms with Crippen molar-refractivity contribution in [2.45, 2.75) is 31.1 Å². The van der Waals surface area contributed by atoms with Crippen molar-refractivity contribution in [1.29, 1.82) is 0 Å². The van der Waals surface area contributed by atoms with Crippen LogP contribution in [-0.2, 0) is 10.0 Å². The van der Waals surface area contributed by atoms with Crippen molar-refractivity contribution in [1.82, 2.24) is 4.31 Å². The Balaban J connectivity index is 1.89. The summed E-state index contributed by atoms with van der Waals surface area (Å²) in [5.74, 6) is -0.584. The van der Waals surface area contributed by atoms with E-state index < -0.39 is 15.9 Å². The third kappa shape index (κ3) is 4.26. The van der Waals surface area contributed by atoms with E-state index in [-0.39, 0.29) is 26.9 Å². The number of phenols is 1. The van der Waals surface area contributed by atoms with Gasteiger partial charge in [-0.15, -0.1) is 0 Å². The zero-order valence-corrected chi connectivity index (χ0v) is 16.5. The molecule has 27 heavy (non-hydrogen) atoms. The van der Waals surface area contributed by atoms with E-state index in [0.717, 1.165) is 24.8 Å². The van der Waals surface area contributed by atoms with Crippen LogP contribution in [0.4, 0.5) is 5.69 Å². The number of piperidine rings is 1. The number of sulfonamides is 1. The smallest absolute Gasteiger partial charge is 0.255 e. The van der Waals surface area contributed by atoms with Crippen LogP contribution in [0.3, 0.4) is 0 Å². The van der Waals surface area contributed by atoms with E-state index in [0.29, 0.717) is 13.1 Å². The van der Waals surface area contributed by atoms with Gasteiger partial charge in [0.25, 0.3) is 5.91 Å². The lowest BCUT2D eigenvalue weighted by molar-refractivity contribution is 0.102. The lowest BCUT2D eigenvalue weighted by Gasteiger charge is -2.26. The van der Waals surface area contributed by atoms with Gasteiger partial charge in [-0.05, 0) is 55.7 Å². The lowest BCUT2D eigenvalue weighted by atomic mass is 10.2. The number of benzene rings is 2. The number of aromatic hydroxyl groups is 1. The Hall–Kier alpha value is -2.09. The molecule has 2 aromatic rings. The first kappa shape index (κ1) is 19.7. The molecule has 0 aromatic heterocycles. The fourth-order valence-corrected chi connectivity index (χ4v) is 5.05. The number of nitrogens with zero attached hydrogens (tertiary/aromatic N) is 1. The van der Waals surface area contributed by atoms with Gasteiger partial charge < -0.3 is 10.4 Å². The quantitative estimate of drug-likeness (QED) is 0.753. The van der Waals surface area contributed by atoms with Crippen molar-refractivity contribution in [2.24, 2.45) is 0 Å². The van der Waals surface area contributed by atoms with Crippen molar-refractivity contribution in [3.05, 3.63) is 52.5 Å². The highest BCUT2D eigenvalue weighted by molar-refractivity contribution is 7.89. The molecule has 0 saturated carbocycles. The molecule has 8 heteroatoms. The molecule has 3 rings (SSSR count). The minimum Gasteiger partial charge on any atom is -0.506 e. The second kappa shape index (κ2) is 7.88. The predicted octanol–water partition coefficient (Wildman–Crippen LogP) is 3.78. The monoisotopic (exact) mass is 408 g/mol. The van der Waals surface area contributed by atoms with E-state index in [2.05, 4.69) is 5.32 Å². The SMILES string of the molecule is Cc1ccc(NC(=O)c2ccc(Cl)c(S(=O)(=O)N3CCCCC3)c2)c(O)c1. The molecule has 6 nitrogen and oxygen atoms in total. The van der Waals surface area contributed by atoms with Gasteiger partial charge in [0.05, 0.1) is 10.7 Å². The number of hydrogen-bond acceptors (Lipinski definition) is 4. The van der Waals surface area contributed by atoms with Crippen molar-refractivity contribution in [3.63, 3.8) is 0 Å². The molecular formula is C19H21ClN2O4S. The highest BCUT2D eigenvalue weighted by atomic mass is 35.5. The molecule has 0 bridgehead atoms. The van der Waals surface area contributed by atoms with Gasteiger partial charge in [0, 0.05) is 18.7 Å². The molecular weight excluding hydrogens is 388 g/mol. The molecule has 1 saturated heterocycles. The van der Waals surface area contributed by atoms with Crippen molar-refractivity contribution in [2.75, 3.05) is 18.4 Å². The summed E-state index contributed by atoms with van der Waals surface area (Å²) in [6.07, 6.45) is 2.62. The minimum absolute atomic E-state index is 0.0570. The maximum atomic E-state index is 12.9. The van der Waals surface area contributed by atoms with Crippen molar-refractivity contribution < 1.29 is 18.3 Å². The Morgan fingerprint density at radius 1 is 1.11 bits per heavy atom. The molecule has 1 aliphatic heterocycles. The van der Waals surface area contributed by atoms with E-state index in [1.807, 2.05) is 6.92 Å². The third-order valence-electron chi connectivity index (χ3n) is 4.53. The number of aryl methyl sites for hydroxylation is 1. The molecule has 0 spiro atoms. The summed E-state index contributed by atoms with van der Waals surface area (Å²) in [6, 6.07) is 9.02. The molecule has 1 amide bonds. The molecule has 144 valence electrons. The Bertz CT molecular complexity index is 970. The van der Waals surface area contributed by atoms with Crippen LogP contribution in [0.5, 0.6) is 5.75 Å². The maximum Gasteiger partial charge on any atom is 0.255 e. The second-order valence-electron chi connectivity index (χ2n) is 6.58. The van der Waals surface area contributed by atoms with E-state index in [1.54, 1.807) is 12.1 Å². The van der Waals surface area contributed by atoms with Crippen LogP contribution in [0.1, 0.15) is 35.2 Å². The largest absolute Gasteiger partial charge is 0.506 e. The van der Waals surface area contributed by atoms with Crippen molar-refractivity contribution >= 4 is 33.2 Å². The summed E-state index contributed by atoms with van der Waals surface area (Å²) in [5.41, 5.74) is 1.25. The first-order valence-corrected chi connectivity index (χ1v) is 10.5. The Labute approximate surface area is 163 Å².